The molecule has 3 fully saturated rings. The molecule has 2 aromatic rings. The molecule has 2 aliphatic heterocycles. The van der Waals surface area contributed by atoms with Gasteiger partial charge in [-0.15, -0.1) is 23.2 Å². The fourth-order valence-corrected chi connectivity index (χ4v) is 7.59. The van der Waals surface area contributed by atoms with Crippen molar-refractivity contribution in [2.24, 2.45) is 17.8 Å². The summed E-state index contributed by atoms with van der Waals surface area (Å²) in [4.78, 5) is 50.3. The van der Waals surface area contributed by atoms with Crippen molar-refractivity contribution in [2.45, 2.75) is 28.5 Å². The molecule has 6 rings (SSSR count). The van der Waals surface area contributed by atoms with Gasteiger partial charge in [0.15, 0.2) is 21.2 Å². The van der Waals surface area contributed by atoms with Gasteiger partial charge in [0.1, 0.15) is 5.82 Å². The predicted octanol–water partition coefficient (Wildman–Crippen LogP) is 3.49. The summed E-state index contributed by atoms with van der Waals surface area (Å²) in [5.74, 6) is -8.29. The van der Waals surface area contributed by atoms with Crippen molar-refractivity contribution in [3.05, 3.63) is 65.5 Å². The number of alkyl halides is 2. The molecule has 0 aromatic heterocycles. The van der Waals surface area contributed by atoms with Crippen LogP contribution in [0, 0.1) is 23.6 Å². The van der Waals surface area contributed by atoms with E-state index in [-0.39, 0.29) is 40.7 Å². The minimum Gasteiger partial charge on any atom is -0.504 e. The molecule has 2 aromatic carbocycles. The Morgan fingerprint density at radius 2 is 1.69 bits per heavy atom. The van der Waals surface area contributed by atoms with E-state index in [1.165, 1.54) is 31.4 Å². The quantitative estimate of drug-likeness (QED) is 0.249. The molecule has 12 heteroatoms. The van der Waals surface area contributed by atoms with Gasteiger partial charge < -0.3 is 9.84 Å². The Bertz CT molecular complexity index is 1500. The number of fused-ring (bicyclic) bond motifs is 4. The number of methoxy groups -OCH3 is 1. The third kappa shape index (κ3) is 3.16. The Morgan fingerprint density at radius 1 is 1.00 bits per heavy atom. The minimum absolute atomic E-state index is 0.0398. The highest BCUT2D eigenvalue weighted by Gasteiger charge is 2.77. The highest BCUT2D eigenvalue weighted by molar-refractivity contribution is 6.58. The lowest BCUT2D eigenvalue weighted by Gasteiger charge is -2.50. The number of ether oxygens (including phenoxy) is 1. The maximum absolute atomic E-state index is 14.2. The van der Waals surface area contributed by atoms with Gasteiger partial charge >= 0.3 is 0 Å². The topological polar surface area (TPSA) is 124 Å². The molecular weight excluding hydrogens is 554 g/mol. The summed E-state index contributed by atoms with van der Waals surface area (Å²) in [6.45, 7) is 0. The summed E-state index contributed by atoms with van der Waals surface area (Å²) >= 11 is 14.3. The number of hydrogen-bond acceptors (Lipinski definition) is 7. The number of imide groups is 2. The summed E-state index contributed by atoms with van der Waals surface area (Å²) in [7, 11) is 1.34. The first-order chi connectivity index (χ1) is 18.5. The zero-order chi connectivity index (χ0) is 28.0. The normalized spacial score (nSPS) is 33.6. The number of anilines is 1. The van der Waals surface area contributed by atoms with Gasteiger partial charge in [0.05, 0.1) is 24.6 Å². The lowest BCUT2D eigenvalue weighted by atomic mass is 9.56. The molecule has 4 aliphatic rings. The molecule has 0 bridgehead atoms. The molecule has 9 nitrogen and oxygen atoms in total. The Hall–Kier alpha value is -3.47. The number of halogens is 3. The van der Waals surface area contributed by atoms with Gasteiger partial charge in [0.2, 0.25) is 0 Å². The van der Waals surface area contributed by atoms with E-state index in [9.17, 15) is 33.9 Å². The first-order valence-electron chi connectivity index (χ1n) is 12.1. The van der Waals surface area contributed by atoms with Crippen LogP contribution in [0.1, 0.15) is 24.3 Å². The molecule has 39 heavy (non-hydrogen) atoms. The average molecular weight is 575 g/mol. The van der Waals surface area contributed by atoms with Gasteiger partial charge in [-0.2, -0.15) is 5.06 Å². The summed E-state index contributed by atoms with van der Waals surface area (Å²) in [5.41, 5.74) is 0.603. The molecule has 2 saturated heterocycles. The molecule has 0 radical (unpaired) electrons. The molecule has 202 valence electrons. The molecular formula is C27H21Cl2FN2O7. The third-order valence-electron chi connectivity index (χ3n) is 8.43. The molecule has 1 saturated carbocycles. The van der Waals surface area contributed by atoms with Crippen molar-refractivity contribution < 1.29 is 38.6 Å². The van der Waals surface area contributed by atoms with E-state index >= 15 is 0 Å². The van der Waals surface area contributed by atoms with Gasteiger partial charge in [-0.3, -0.25) is 24.4 Å². The summed E-state index contributed by atoms with van der Waals surface area (Å²) < 4.78 is 18.9. The third-order valence-corrected chi connectivity index (χ3v) is 9.85. The van der Waals surface area contributed by atoms with Crippen LogP contribution in [0.15, 0.2) is 54.1 Å². The number of hydrogen-bond donors (Lipinski definition) is 2. The smallest absolute Gasteiger partial charge is 0.258 e. The van der Waals surface area contributed by atoms with Gasteiger partial charge in [-0.05, 0) is 49.1 Å². The number of carbonyl (C=O) groups excluding carboxylic acids is 4. The molecule has 4 amide bonds. The van der Waals surface area contributed by atoms with Crippen LogP contribution in [0.5, 0.6) is 11.5 Å². The van der Waals surface area contributed by atoms with E-state index in [2.05, 4.69) is 0 Å². The van der Waals surface area contributed by atoms with Crippen LogP contribution in [0.25, 0.3) is 0 Å². The highest BCUT2D eigenvalue weighted by Crippen LogP contribution is 2.66. The van der Waals surface area contributed by atoms with Crippen LogP contribution < -0.4 is 9.64 Å². The first kappa shape index (κ1) is 25.8. The van der Waals surface area contributed by atoms with Crippen LogP contribution in [0.4, 0.5) is 10.1 Å². The molecule has 0 spiro atoms. The van der Waals surface area contributed by atoms with Gasteiger partial charge in [-0.25, -0.2) is 9.29 Å². The molecule has 6 atom stereocenters. The van der Waals surface area contributed by atoms with Crippen LogP contribution >= 0.6 is 23.2 Å². The number of para-hydroxylation sites is 1. The van der Waals surface area contributed by atoms with E-state index in [0.29, 0.717) is 5.57 Å². The van der Waals surface area contributed by atoms with E-state index in [0.717, 1.165) is 17.0 Å². The largest absolute Gasteiger partial charge is 0.504 e. The second-order valence-electron chi connectivity index (χ2n) is 10.1. The molecule has 2 N–H and O–H groups in total. The predicted molar refractivity (Wildman–Crippen MR) is 135 cm³/mol. The molecule has 2 heterocycles. The number of phenols is 1. The lowest BCUT2D eigenvalue weighted by Crippen LogP contribution is -2.60. The van der Waals surface area contributed by atoms with Gasteiger partial charge in [-0.1, -0.05) is 23.8 Å². The number of amides is 4. The average Bonchev–Trinajstić information content (AvgIpc) is 3.23. The summed E-state index contributed by atoms with van der Waals surface area (Å²) in [5, 5.41) is 21.4. The van der Waals surface area contributed by atoms with Crippen molar-refractivity contribution in [1.29, 1.82) is 0 Å². The number of nitrogens with zero attached hydrogens (tertiary/aromatic N) is 2. The number of hydroxylamine groups is 2. The van der Waals surface area contributed by atoms with E-state index in [4.69, 9.17) is 27.9 Å². The van der Waals surface area contributed by atoms with Crippen molar-refractivity contribution in [1.82, 2.24) is 5.06 Å². The second-order valence-corrected chi connectivity index (χ2v) is 11.4. The fraction of sp³-hybridized carbons (Fsp3) is 0.333. The zero-order valence-corrected chi connectivity index (χ0v) is 21.8. The highest BCUT2D eigenvalue weighted by atomic mass is 35.5. The van der Waals surface area contributed by atoms with Crippen LogP contribution in [0.3, 0.4) is 0 Å². The van der Waals surface area contributed by atoms with Crippen molar-refractivity contribution >= 4 is 52.5 Å². The number of allylic oxidation sites excluding steroid dienone is 2. The van der Waals surface area contributed by atoms with E-state index in [1.807, 2.05) is 0 Å². The van der Waals surface area contributed by atoms with Crippen molar-refractivity contribution in [3.63, 3.8) is 0 Å². The SMILES string of the molecule is COc1cccc([C@H]2C3=CC[C@@H]4C(=O)N(O)C(=O)[C@@H]4[C@@H]3C[C@@]3(Cl)C(=O)N(c4ccc(F)cc4)C(=O)[C@@]23Cl)c1O. The van der Waals surface area contributed by atoms with Crippen molar-refractivity contribution in [3.8, 4) is 11.5 Å². The minimum atomic E-state index is -2.19. The Balaban J connectivity index is 1.60. The zero-order valence-electron chi connectivity index (χ0n) is 20.3. The van der Waals surface area contributed by atoms with Crippen molar-refractivity contribution in [2.75, 3.05) is 12.0 Å². The van der Waals surface area contributed by atoms with Crippen LogP contribution in [-0.4, -0.2) is 55.9 Å². The molecule has 2 aliphatic carbocycles. The van der Waals surface area contributed by atoms with Crippen LogP contribution in [0.2, 0.25) is 0 Å². The molecule has 0 unspecified atom stereocenters. The maximum Gasteiger partial charge on any atom is 0.258 e. The number of phenolic OH excluding ortho intramolecular Hbond substituents is 1. The lowest BCUT2D eigenvalue weighted by molar-refractivity contribution is -0.173. The Labute approximate surface area is 231 Å². The first-order valence-corrected chi connectivity index (χ1v) is 12.9. The Kier molecular flexibility index (Phi) is 5.63. The number of aromatic hydroxyl groups is 1. The maximum atomic E-state index is 14.2. The number of carbonyl (C=O) groups is 4. The monoisotopic (exact) mass is 574 g/mol. The number of benzene rings is 2. The van der Waals surface area contributed by atoms with Crippen LogP contribution in [-0.2, 0) is 19.2 Å². The van der Waals surface area contributed by atoms with E-state index < -0.39 is 62.9 Å². The Morgan fingerprint density at radius 3 is 2.36 bits per heavy atom. The summed E-state index contributed by atoms with van der Waals surface area (Å²) in [6, 6.07) is 9.22. The van der Waals surface area contributed by atoms with E-state index in [1.54, 1.807) is 12.1 Å². The van der Waals surface area contributed by atoms with Gasteiger partial charge in [0, 0.05) is 11.5 Å². The second kappa shape index (κ2) is 8.51. The standard InChI is InChI=1S/C27H21Cl2FN2O7/c1-39-18-4-2-3-16(21(18)33)20-14-9-10-15-19(23(35)32(38)22(15)34)17(14)11-26(28)24(36)31(25(37)27(20,26)29)13-7-5-12(30)6-8-13/h2-9,15,17,19-20,33,38H,10-11H2,1H3/t15-,17+,19-,20+,26+,27-/m0/s1. The number of rotatable bonds is 3. The fourth-order valence-electron chi connectivity index (χ4n) is 6.66. The summed E-state index contributed by atoms with van der Waals surface area (Å²) in [6.07, 6.45) is 1.42. The van der Waals surface area contributed by atoms with Gasteiger partial charge in [0.25, 0.3) is 23.6 Å².